The summed E-state index contributed by atoms with van der Waals surface area (Å²) in [5, 5.41) is 4.04. The van der Waals surface area contributed by atoms with E-state index < -0.39 is 0 Å². The second-order valence-corrected chi connectivity index (χ2v) is 3.08. The number of nitrogens with zero attached hydrogens (tertiary/aromatic N) is 1. The van der Waals surface area contributed by atoms with E-state index in [2.05, 4.69) is 31.3 Å². The molecule has 0 radical (unpaired) electrons. The number of hydrazone groups is 1. The molecule has 0 saturated carbocycles. The second-order valence-electron chi connectivity index (χ2n) is 3.08. The summed E-state index contributed by atoms with van der Waals surface area (Å²) in [5.74, 6) is 0.524. The molecule has 1 unspecified atom stereocenters. The van der Waals surface area contributed by atoms with Gasteiger partial charge in [0.2, 0.25) is 0 Å². The largest absolute Gasteiger partial charge is 0.283 e. The van der Waals surface area contributed by atoms with E-state index in [4.69, 9.17) is 0 Å². The quantitative estimate of drug-likeness (QED) is 0.645. The highest BCUT2D eigenvalue weighted by Gasteiger charge is 2.11. The molecular weight excluding hydrogens is 136 g/mol. The predicted octanol–water partition coefficient (Wildman–Crippen LogP) is 2.29. The lowest BCUT2D eigenvalue weighted by Crippen LogP contribution is -2.17. The fraction of sp³-hybridized carbons (Fsp3) is 0.667. The predicted molar refractivity (Wildman–Crippen MR) is 48.4 cm³/mol. The molecule has 1 N–H and O–H groups in total. The van der Waals surface area contributed by atoms with Gasteiger partial charge in [-0.15, -0.1) is 0 Å². The lowest BCUT2D eigenvalue weighted by atomic mass is 9.95. The monoisotopic (exact) mass is 152 g/mol. The van der Waals surface area contributed by atoms with E-state index in [1.165, 1.54) is 24.1 Å². The fourth-order valence-electron chi connectivity index (χ4n) is 1.43. The SMILES string of the molecule is CCCC1=C(C)NN=CC1C. The standard InChI is InChI=1S/C9H16N2/c1-4-5-9-7(2)6-10-11-8(9)3/h6-7,11H,4-5H2,1-3H3. The van der Waals surface area contributed by atoms with Crippen molar-refractivity contribution < 1.29 is 0 Å². The van der Waals surface area contributed by atoms with Crippen LogP contribution in [0.5, 0.6) is 0 Å². The minimum absolute atomic E-state index is 0.524. The van der Waals surface area contributed by atoms with Crippen LogP contribution in [0.15, 0.2) is 16.4 Å². The first-order valence-electron chi connectivity index (χ1n) is 4.24. The van der Waals surface area contributed by atoms with Gasteiger partial charge in [-0.1, -0.05) is 20.3 Å². The molecule has 1 heterocycles. The first kappa shape index (κ1) is 8.31. The van der Waals surface area contributed by atoms with E-state index in [0.29, 0.717) is 5.92 Å². The molecule has 0 saturated heterocycles. The van der Waals surface area contributed by atoms with Crippen LogP contribution in [0.2, 0.25) is 0 Å². The Morgan fingerprint density at radius 3 is 2.91 bits per heavy atom. The van der Waals surface area contributed by atoms with Gasteiger partial charge in [0.05, 0.1) is 0 Å². The summed E-state index contributed by atoms with van der Waals surface area (Å²) < 4.78 is 0. The smallest absolute Gasteiger partial charge is 0.0316 e. The highest BCUT2D eigenvalue weighted by Crippen LogP contribution is 2.20. The molecule has 1 rings (SSSR count). The van der Waals surface area contributed by atoms with Gasteiger partial charge in [0, 0.05) is 17.8 Å². The molecule has 0 spiro atoms. The van der Waals surface area contributed by atoms with Crippen LogP contribution in [0, 0.1) is 5.92 Å². The Bertz CT molecular complexity index is 192. The summed E-state index contributed by atoms with van der Waals surface area (Å²) in [7, 11) is 0. The minimum atomic E-state index is 0.524. The maximum atomic E-state index is 4.04. The Morgan fingerprint density at radius 2 is 2.36 bits per heavy atom. The van der Waals surface area contributed by atoms with E-state index in [1.807, 2.05) is 6.21 Å². The van der Waals surface area contributed by atoms with Crippen molar-refractivity contribution in [3.05, 3.63) is 11.3 Å². The molecule has 62 valence electrons. The summed E-state index contributed by atoms with van der Waals surface area (Å²) in [6, 6.07) is 0. The summed E-state index contributed by atoms with van der Waals surface area (Å²) in [6.45, 7) is 6.50. The van der Waals surface area contributed by atoms with Crippen LogP contribution in [0.4, 0.5) is 0 Å². The van der Waals surface area contributed by atoms with Gasteiger partial charge in [-0.05, 0) is 18.9 Å². The van der Waals surface area contributed by atoms with Crippen LogP contribution in [0.1, 0.15) is 33.6 Å². The average molecular weight is 152 g/mol. The zero-order chi connectivity index (χ0) is 8.27. The number of allylic oxidation sites excluding steroid dienone is 2. The first-order chi connectivity index (χ1) is 5.25. The molecule has 1 atom stereocenters. The third-order valence-electron chi connectivity index (χ3n) is 2.08. The molecule has 1 aliphatic heterocycles. The number of hydrogen-bond donors (Lipinski definition) is 1. The van der Waals surface area contributed by atoms with Gasteiger partial charge >= 0.3 is 0 Å². The summed E-state index contributed by atoms with van der Waals surface area (Å²) in [6.07, 6.45) is 4.37. The molecule has 0 bridgehead atoms. The molecule has 0 amide bonds. The van der Waals surface area contributed by atoms with Gasteiger partial charge in [0.1, 0.15) is 0 Å². The average Bonchev–Trinajstić information content (AvgIpc) is 1.97. The number of nitrogens with one attached hydrogen (secondary N) is 1. The molecule has 11 heavy (non-hydrogen) atoms. The van der Waals surface area contributed by atoms with Crippen LogP contribution in [-0.4, -0.2) is 6.21 Å². The molecule has 0 aromatic carbocycles. The molecule has 2 nitrogen and oxygen atoms in total. The maximum absolute atomic E-state index is 4.04. The fourth-order valence-corrected chi connectivity index (χ4v) is 1.43. The molecule has 0 aromatic heterocycles. The Kier molecular flexibility index (Phi) is 2.69. The lowest BCUT2D eigenvalue weighted by molar-refractivity contribution is 0.710. The number of hydrogen-bond acceptors (Lipinski definition) is 2. The van der Waals surface area contributed by atoms with Crippen molar-refractivity contribution in [2.24, 2.45) is 11.0 Å². The van der Waals surface area contributed by atoms with Gasteiger partial charge in [0.15, 0.2) is 0 Å². The minimum Gasteiger partial charge on any atom is -0.283 e. The van der Waals surface area contributed by atoms with Crippen molar-refractivity contribution in [1.82, 2.24) is 5.43 Å². The summed E-state index contributed by atoms with van der Waals surface area (Å²) >= 11 is 0. The molecule has 2 heteroatoms. The maximum Gasteiger partial charge on any atom is 0.0316 e. The van der Waals surface area contributed by atoms with Gasteiger partial charge in [-0.2, -0.15) is 5.10 Å². The topological polar surface area (TPSA) is 24.4 Å². The third-order valence-corrected chi connectivity index (χ3v) is 2.08. The molecular formula is C9H16N2. The van der Waals surface area contributed by atoms with Crippen molar-refractivity contribution in [2.75, 3.05) is 0 Å². The Labute approximate surface area is 68.4 Å². The van der Waals surface area contributed by atoms with E-state index >= 15 is 0 Å². The van der Waals surface area contributed by atoms with E-state index in [-0.39, 0.29) is 0 Å². The summed E-state index contributed by atoms with van der Waals surface area (Å²) in [4.78, 5) is 0. The first-order valence-corrected chi connectivity index (χ1v) is 4.24. The Morgan fingerprint density at radius 1 is 1.64 bits per heavy atom. The second kappa shape index (κ2) is 3.56. The highest BCUT2D eigenvalue weighted by molar-refractivity contribution is 5.66. The van der Waals surface area contributed by atoms with E-state index in [0.717, 1.165) is 0 Å². The zero-order valence-electron chi connectivity index (χ0n) is 7.52. The van der Waals surface area contributed by atoms with Crippen molar-refractivity contribution in [1.29, 1.82) is 0 Å². The summed E-state index contributed by atoms with van der Waals surface area (Å²) in [5.41, 5.74) is 5.74. The van der Waals surface area contributed by atoms with Crippen LogP contribution in [0.3, 0.4) is 0 Å². The van der Waals surface area contributed by atoms with Crippen LogP contribution in [0.25, 0.3) is 0 Å². The molecule has 0 aromatic rings. The van der Waals surface area contributed by atoms with E-state index in [9.17, 15) is 0 Å². The molecule has 0 fully saturated rings. The van der Waals surface area contributed by atoms with Gasteiger partial charge < -0.3 is 0 Å². The van der Waals surface area contributed by atoms with Gasteiger partial charge in [-0.25, -0.2) is 0 Å². The zero-order valence-corrected chi connectivity index (χ0v) is 7.52. The van der Waals surface area contributed by atoms with Crippen LogP contribution < -0.4 is 5.43 Å². The Hall–Kier alpha value is -0.790. The number of rotatable bonds is 2. The van der Waals surface area contributed by atoms with Gasteiger partial charge in [-0.3, -0.25) is 5.43 Å². The van der Waals surface area contributed by atoms with Crippen molar-refractivity contribution in [3.8, 4) is 0 Å². The van der Waals surface area contributed by atoms with Crippen molar-refractivity contribution in [3.63, 3.8) is 0 Å². The normalized spacial score (nSPS) is 23.7. The molecule has 1 aliphatic rings. The van der Waals surface area contributed by atoms with E-state index in [1.54, 1.807) is 0 Å². The van der Waals surface area contributed by atoms with Gasteiger partial charge in [0.25, 0.3) is 0 Å². The van der Waals surface area contributed by atoms with Crippen molar-refractivity contribution in [2.45, 2.75) is 33.6 Å². The molecule has 0 aliphatic carbocycles. The third kappa shape index (κ3) is 1.82. The highest BCUT2D eigenvalue weighted by atomic mass is 15.3. The lowest BCUT2D eigenvalue weighted by Gasteiger charge is -2.19. The van der Waals surface area contributed by atoms with Crippen LogP contribution >= 0.6 is 0 Å². The van der Waals surface area contributed by atoms with Crippen LogP contribution in [-0.2, 0) is 0 Å². The van der Waals surface area contributed by atoms with Crippen molar-refractivity contribution >= 4 is 6.21 Å². The Balaban J connectivity index is 2.69.